The Kier molecular flexibility index (Phi) is 8.10. The van der Waals surface area contributed by atoms with E-state index in [-0.39, 0.29) is 29.4 Å². The zero-order chi connectivity index (χ0) is 20.6. The number of hydrogen-bond donors (Lipinski definition) is 1. The lowest BCUT2D eigenvalue weighted by atomic mass is 10.2. The van der Waals surface area contributed by atoms with E-state index < -0.39 is 22.4 Å². The van der Waals surface area contributed by atoms with Crippen LogP contribution in [-0.2, 0) is 21.2 Å². The molecule has 0 amide bonds. The molecule has 0 heterocycles. The van der Waals surface area contributed by atoms with E-state index in [1.807, 2.05) is 6.92 Å². The Morgan fingerprint density at radius 3 is 2.36 bits per heavy atom. The first-order valence-corrected chi connectivity index (χ1v) is 10.8. The average Bonchev–Trinajstić information content (AvgIpc) is 2.66. The molecule has 2 aromatic carbocycles. The van der Waals surface area contributed by atoms with Gasteiger partial charge in [-0.3, -0.25) is 0 Å². The topological polar surface area (TPSA) is 55.4 Å². The number of benzene rings is 2. The second-order valence-corrected chi connectivity index (χ2v) is 8.68. The van der Waals surface area contributed by atoms with Gasteiger partial charge in [-0.1, -0.05) is 37.3 Å². The maximum absolute atomic E-state index is 13.8. The molecule has 7 heteroatoms. The smallest absolute Gasteiger partial charge is 0.272 e. The van der Waals surface area contributed by atoms with E-state index in [1.165, 1.54) is 12.1 Å². The molecule has 28 heavy (non-hydrogen) atoms. The van der Waals surface area contributed by atoms with E-state index in [9.17, 15) is 17.2 Å². The molecule has 0 aliphatic rings. The van der Waals surface area contributed by atoms with Crippen molar-refractivity contribution < 1.29 is 21.9 Å². The average molecular weight is 412 g/mol. The van der Waals surface area contributed by atoms with Crippen LogP contribution in [0, 0.1) is 6.92 Å². The summed E-state index contributed by atoms with van der Waals surface area (Å²) < 4.78 is 58.1. The van der Waals surface area contributed by atoms with Crippen molar-refractivity contribution in [3.05, 3.63) is 59.7 Å². The van der Waals surface area contributed by atoms with Gasteiger partial charge in [0.05, 0.1) is 16.4 Å². The van der Waals surface area contributed by atoms with E-state index >= 15 is 0 Å². The van der Waals surface area contributed by atoms with E-state index in [4.69, 9.17) is 4.74 Å². The van der Waals surface area contributed by atoms with Crippen molar-refractivity contribution in [2.45, 2.75) is 49.0 Å². The molecule has 0 atom stereocenters. The Labute approximate surface area is 165 Å². The lowest BCUT2D eigenvalue weighted by Gasteiger charge is -2.17. The summed E-state index contributed by atoms with van der Waals surface area (Å²) in [6.45, 7) is 4.02. The van der Waals surface area contributed by atoms with E-state index in [2.05, 4.69) is 5.32 Å². The predicted molar refractivity (Wildman–Crippen MR) is 105 cm³/mol. The number of alkyl halides is 2. The molecule has 0 spiro atoms. The van der Waals surface area contributed by atoms with Crippen LogP contribution in [0.2, 0.25) is 0 Å². The van der Waals surface area contributed by atoms with Crippen LogP contribution < -0.4 is 5.32 Å². The van der Waals surface area contributed by atoms with E-state index in [0.717, 1.165) is 6.42 Å². The van der Waals surface area contributed by atoms with Gasteiger partial charge in [0, 0.05) is 13.0 Å². The van der Waals surface area contributed by atoms with Crippen LogP contribution in [0.25, 0.3) is 0 Å². The Hall–Kier alpha value is -1.83. The zero-order valence-corrected chi connectivity index (χ0v) is 17.1. The first-order chi connectivity index (χ1) is 13.3. The Bertz CT molecular complexity index is 852. The second-order valence-electron chi connectivity index (χ2n) is 6.76. The van der Waals surface area contributed by atoms with Crippen LogP contribution >= 0.6 is 0 Å². The largest absolute Gasteiger partial charge is 0.371 e. The minimum absolute atomic E-state index is 0.00265. The molecule has 0 fully saturated rings. The van der Waals surface area contributed by atoms with Gasteiger partial charge in [0.2, 0.25) is 9.84 Å². The van der Waals surface area contributed by atoms with Gasteiger partial charge >= 0.3 is 0 Å². The molecule has 0 saturated carbocycles. The van der Waals surface area contributed by atoms with Crippen LogP contribution in [0.1, 0.15) is 30.9 Å². The lowest BCUT2D eigenvalue weighted by molar-refractivity contribution is -0.0859. The van der Waals surface area contributed by atoms with Crippen LogP contribution in [0.15, 0.2) is 58.3 Å². The van der Waals surface area contributed by atoms with Crippen molar-refractivity contribution in [1.82, 2.24) is 5.32 Å². The van der Waals surface area contributed by atoms with Crippen LogP contribution in [-0.4, -0.2) is 34.0 Å². The fourth-order valence-corrected chi connectivity index (χ4v) is 4.21. The number of rotatable bonds is 11. The molecule has 0 bridgehead atoms. The van der Waals surface area contributed by atoms with Crippen LogP contribution in [0.4, 0.5) is 8.78 Å². The SMILES string of the molecule is CCCNCCC(F)(F)COCc1ccc(S(=O)(=O)c2ccccc2C)cc1. The second kappa shape index (κ2) is 10.1. The van der Waals surface area contributed by atoms with Gasteiger partial charge in [-0.25, -0.2) is 17.2 Å². The molecular formula is C21H27F2NO3S. The molecule has 0 aliphatic heterocycles. The summed E-state index contributed by atoms with van der Waals surface area (Å²) in [6.07, 6.45) is 0.623. The van der Waals surface area contributed by atoms with Gasteiger partial charge in [-0.2, -0.15) is 0 Å². The molecule has 4 nitrogen and oxygen atoms in total. The molecule has 2 aromatic rings. The van der Waals surface area contributed by atoms with Crippen molar-refractivity contribution in [2.75, 3.05) is 19.7 Å². The van der Waals surface area contributed by atoms with E-state index in [1.54, 1.807) is 43.3 Å². The molecule has 0 radical (unpaired) electrons. The van der Waals surface area contributed by atoms with Crippen LogP contribution in [0.5, 0.6) is 0 Å². The van der Waals surface area contributed by atoms with Crippen molar-refractivity contribution in [3.8, 4) is 0 Å². The van der Waals surface area contributed by atoms with Gasteiger partial charge < -0.3 is 10.1 Å². The quantitative estimate of drug-likeness (QED) is 0.558. The highest BCUT2D eigenvalue weighted by Gasteiger charge is 2.28. The summed E-state index contributed by atoms with van der Waals surface area (Å²) in [4.78, 5) is 0.424. The maximum atomic E-state index is 13.8. The molecule has 2 rings (SSSR count). The Morgan fingerprint density at radius 2 is 1.71 bits per heavy atom. The Balaban J connectivity index is 1.92. The predicted octanol–water partition coefficient (Wildman–Crippen LogP) is 4.37. The van der Waals surface area contributed by atoms with Gasteiger partial charge in [0.1, 0.15) is 6.61 Å². The maximum Gasteiger partial charge on any atom is 0.272 e. The molecule has 0 aromatic heterocycles. The van der Waals surface area contributed by atoms with Gasteiger partial charge in [-0.15, -0.1) is 0 Å². The summed E-state index contributed by atoms with van der Waals surface area (Å²) in [5.41, 5.74) is 1.31. The number of aryl methyl sites for hydroxylation is 1. The number of ether oxygens (including phenoxy) is 1. The molecule has 154 valence electrons. The standard InChI is InChI=1S/C21H27F2NO3S/c1-3-13-24-14-12-21(22,23)16-27-15-18-8-10-19(11-9-18)28(25,26)20-7-5-4-6-17(20)2/h4-11,24H,3,12-16H2,1-2H3. The highest BCUT2D eigenvalue weighted by Crippen LogP contribution is 2.24. The van der Waals surface area contributed by atoms with Crippen molar-refractivity contribution in [1.29, 1.82) is 0 Å². The molecule has 0 saturated heterocycles. The van der Waals surface area contributed by atoms with Crippen molar-refractivity contribution in [3.63, 3.8) is 0 Å². The third-order valence-corrected chi connectivity index (χ3v) is 6.22. The first-order valence-electron chi connectivity index (χ1n) is 9.32. The summed E-state index contributed by atoms with van der Waals surface area (Å²) >= 11 is 0. The summed E-state index contributed by atoms with van der Waals surface area (Å²) in [5, 5.41) is 2.94. The van der Waals surface area contributed by atoms with Gasteiger partial charge in [-0.05, 0) is 49.2 Å². The molecule has 1 N–H and O–H groups in total. The number of sulfone groups is 1. The molecule has 0 aliphatic carbocycles. The van der Waals surface area contributed by atoms with Gasteiger partial charge in [0.15, 0.2) is 0 Å². The van der Waals surface area contributed by atoms with Crippen molar-refractivity contribution >= 4 is 9.84 Å². The zero-order valence-electron chi connectivity index (χ0n) is 16.3. The number of halogens is 2. The van der Waals surface area contributed by atoms with Crippen LogP contribution in [0.3, 0.4) is 0 Å². The highest BCUT2D eigenvalue weighted by molar-refractivity contribution is 7.91. The summed E-state index contributed by atoms with van der Waals surface area (Å²) in [6, 6.07) is 12.9. The molecule has 0 unspecified atom stereocenters. The third-order valence-electron chi connectivity index (χ3n) is 4.29. The summed E-state index contributed by atoms with van der Waals surface area (Å²) in [5.74, 6) is -2.89. The lowest BCUT2D eigenvalue weighted by Crippen LogP contribution is -2.29. The minimum atomic E-state index is -3.61. The Morgan fingerprint density at radius 1 is 1.04 bits per heavy atom. The monoisotopic (exact) mass is 411 g/mol. The normalized spacial score (nSPS) is 12.3. The third kappa shape index (κ3) is 6.36. The van der Waals surface area contributed by atoms with Crippen molar-refractivity contribution in [2.24, 2.45) is 0 Å². The fourth-order valence-electron chi connectivity index (χ4n) is 2.71. The number of hydrogen-bond acceptors (Lipinski definition) is 4. The van der Waals surface area contributed by atoms with E-state index in [0.29, 0.717) is 17.7 Å². The number of nitrogens with one attached hydrogen (secondary N) is 1. The summed E-state index contributed by atoms with van der Waals surface area (Å²) in [7, 11) is -3.61. The fraction of sp³-hybridized carbons (Fsp3) is 0.429. The van der Waals surface area contributed by atoms with Gasteiger partial charge in [0.25, 0.3) is 5.92 Å². The first kappa shape index (κ1) is 22.5. The molecular weight excluding hydrogens is 384 g/mol. The highest BCUT2D eigenvalue weighted by atomic mass is 32.2. The minimum Gasteiger partial charge on any atom is -0.371 e.